The van der Waals surface area contributed by atoms with Crippen LogP contribution in [0.2, 0.25) is 0 Å². The van der Waals surface area contributed by atoms with E-state index in [1.54, 1.807) is 0 Å². The van der Waals surface area contributed by atoms with E-state index in [0.717, 1.165) is 4.90 Å². The first-order valence-electron chi connectivity index (χ1n) is 5.06. The molecule has 0 unspecified atom stereocenters. The number of esters is 2. The Kier molecular flexibility index (Phi) is 4.19. The summed E-state index contributed by atoms with van der Waals surface area (Å²) in [5.41, 5.74) is 0. The van der Waals surface area contributed by atoms with E-state index < -0.39 is 29.9 Å². The van der Waals surface area contributed by atoms with Crippen LogP contribution in [-0.4, -0.2) is 47.9 Å². The van der Waals surface area contributed by atoms with Crippen LogP contribution in [0.15, 0.2) is 0 Å². The molecular formula is C10H13NO6. The van der Waals surface area contributed by atoms with E-state index in [9.17, 15) is 19.2 Å². The lowest BCUT2D eigenvalue weighted by Gasteiger charge is -2.14. The van der Waals surface area contributed by atoms with Crippen molar-refractivity contribution in [2.75, 3.05) is 13.2 Å². The van der Waals surface area contributed by atoms with Crippen LogP contribution in [0.1, 0.15) is 20.3 Å². The van der Waals surface area contributed by atoms with Gasteiger partial charge < -0.3 is 9.47 Å². The summed E-state index contributed by atoms with van der Waals surface area (Å²) in [5, 5.41) is 0. The molecule has 17 heavy (non-hydrogen) atoms. The Balaban J connectivity index is 2.50. The Bertz CT molecular complexity index is 364. The summed E-state index contributed by atoms with van der Waals surface area (Å²) in [4.78, 5) is 45.2. The van der Waals surface area contributed by atoms with E-state index in [4.69, 9.17) is 4.74 Å². The fourth-order valence-electron chi connectivity index (χ4n) is 1.46. The average Bonchev–Trinajstić information content (AvgIpc) is 2.44. The summed E-state index contributed by atoms with van der Waals surface area (Å²) < 4.78 is 9.32. The van der Waals surface area contributed by atoms with Gasteiger partial charge in [0.2, 0.25) is 5.91 Å². The Morgan fingerprint density at radius 2 is 1.94 bits per heavy atom. The third-order valence-corrected chi connectivity index (χ3v) is 2.13. The van der Waals surface area contributed by atoms with Gasteiger partial charge in [0.05, 0.1) is 13.0 Å². The highest BCUT2D eigenvalue weighted by atomic mass is 16.5. The molecule has 1 fully saturated rings. The predicted molar refractivity (Wildman–Crippen MR) is 53.5 cm³/mol. The first-order valence-corrected chi connectivity index (χ1v) is 5.06. The van der Waals surface area contributed by atoms with Crippen molar-refractivity contribution in [1.29, 1.82) is 0 Å². The Morgan fingerprint density at radius 3 is 2.47 bits per heavy atom. The van der Waals surface area contributed by atoms with Crippen LogP contribution in [0.5, 0.6) is 0 Å². The molecule has 7 heteroatoms. The maximum atomic E-state index is 11.6. The molecule has 1 aliphatic rings. The first kappa shape index (κ1) is 13.1. The molecule has 1 atom stereocenters. The molecule has 0 aromatic carbocycles. The quantitative estimate of drug-likeness (QED) is 0.476. The number of hydrogen-bond acceptors (Lipinski definition) is 6. The number of ether oxygens (including phenoxy) is 2. The number of carbonyl (C=O) groups is 4. The number of hydrogen-bond donors (Lipinski definition) is 0. The van der Waals surface area contributed by atoms with Gasteiger partial charge in [-0.25, -0.2) is 0 Å². The molecule has 1 aliphatic heterocycles. The zero-order valence-corrected chi connectivity index (χ0v) is 9.60. The van der Waals surface area contributed by atoms with Crippen molar-refractivity contribution in [3.8, 4) is 0 Å². The van der Waals surface area contributed by atoms with E-state index in [1.807, 2.05) is 0 Å². The summed E-state index contributed by atoms with van der Waals surface area (Å²) in [5.74, 6) is -2.11. The fourth-order valence-corrected chi connectivity index (χ4v) is 1.46. The molecule has 0 N–H and O–H groups in total. The van der Waals surface area contributed by atoms with Crippen LogP contribution >= 0.6 is 0 Å². The lowest BCUT2D eigenvalue weighted by molar-refractivity contribution is -0.155. The molecule has 0 radical (unpaired) electrons. The second-order valence-corrected chi connectivity index (χ2v) is 3.53. The van der Waals surface area contributed by atoms with Gasteiger partial charge in [-0.3, -0.25) is 24.1 Å². The van der Waals surface area contributed by atoms with Crippen LogP contribution in [0, 0.1) is 0 Å². The van der Waals surface area contributed by atoms with E-state index in [1.165, 1.54) is 13.8 Å². The van der Waals surface area contributed by atoms with E-state index in [-0.39, 0.29) is 19.6 Å². The second kappa shape index (κ2) is 5.42. The summed E-state index contributed by atoms with van der Waals surface area (Å²) in [6, 6.07) is 0. The largest absolute Gasteiger partial charge is 0.464 e. The highest BCUT2D eigenvalue weighted by Gasteiger charge is 2.40. The minimum Gasteiger partial charge on any atom is -0.464 e. The number of carbonyl (C=O) groups excluding carboxylic acids is 4. The minimum atomic E-state index is -1.04. The Morgan fingerprint density at radius 1 is 1.29 bits per heavy atom. The van der Waals surface area contributed by atoms with Crippen molar-refractivity contribution in [3.63, 3.8) is 0 Å². The Labute approximate surface area is 97.7 Å². The molecule has 0 aromatic heterocycles. The normalized spacial score (nSPS) is 19.4. The van der Waals surface area contributed by atoms with Gasteiger partial charge in [0.1, 0.15) is 6.61 Å². The van der Waals surface area contributed by atoms with Crippen molar-refractivity contribution >= 4 is 23.8 Å². The van der Waals surface area contributed by atoms with Gasteiger partial charge in [-0.2, -0.15) is 0 Å². The Hall–Kier alpha value is -1.92. The highest BCUT2D eigenvalue weighted by molar-refractivity contribution is 6.05. The van der Waals surface area contributed by atoms with Crippen molar-refractivity contribution < 1.29 is 28.7 Å². The molecule has 1 rings (SSSR count). The van der Waals surface area contributed by atoms with E-state index in [0.29, 0.717) is 0 Å². The number of rotatable bonds is 4. The molecular weight excluding hydrogens is 230 g/mol. The number of nitrogens with zero attached hydrogens (tertiary/aromatic N) is 1. The fraction of sp³-hybridized carbons (Fsp3) is 0.600. The molecule has 0 saturated carbocycles. The van der Waals surface area contributed by atoms with Crippen LogP contribution < -0.4 is 0 Å². The molecule has 0 bridgehead atoms. The maximum absolute atomic E-state index is 11.6. The number of amides is 2. The topological polar surface area (TPSA) is 90.0 Å². The van der Waals surface area contributed by atoms with Gasteiger partial charge in [-0.05, 0) is 0 Å². The smallest absolute Gasteiger partial charge is 0.303 e. The third kappa shape index (κ3) is 3.54. The van der Waals surface area contributed by atoms with Gasteiger partial charge >= 0.3 is 11.9 Å². The molecule has 94 valence electrons. The maximum Gasteiger partial charge on any atom is 0.303 e. The van der Waals surface area contributed by atoms with Crippen LogP contribution in [-0.2, 0) is 28.7 Å². The average molecular weight is 243 g/mol. The van der Waals surface area contributed by atoms with Crippen molar-refractivity contribution in [1.82, 2.24) is 4.90 Å². The standard InChI is InChI=1S/C10H13NO6/c1-6(12)16-4-3-11-9(14)5-8(10(11)15)17-7(2)13/h8H,3-5H2,1-2H3/t8-/m0/s1. The molecule has 0 aliphatic carbocycles. The summed E-state index contributed by atoms with van der Waals surface area (Å²) >= 11 is 0. The highest BCUT2D eigenvalue weighted by Crippen LogP contribution is 2.15. The van der Waals surface area contributed by atoms with E-state index in [2.05, 4.69) is 4.74 Å². The molecule has 0 aromatic rings. The van der Waals surface area contributed by atoms with Gasteiger partial charge in [0, 0.05) is 13.8 Å². The predicted octanol–water partition coefficient (Wildman–Crippen LogP) is -0.760. The monoisotopic (exact) mass is 243 g/mol. The van der Waals surface area contributed by atoms with Crippen LogP contribution in [0.25, 0.3) is 0 Å². The van der Waals surface area contributed by atoms with Crippen molar-refractivity contribution in [3.05, 3.63) is 0 Å². The third-order valence-electron chi connectivity index (χ3n) is 2.13. The zero-order valence-electron chi connectivity index (χ0n) is 9.60. The number of likely N-dealkylation sites (tertiary alicyclic amines) is 1. The number of imide groups is 1. The van der Waals surface area contributed by atoms with Gasteiger partial charge in [0.15, 0.2) is 6.10 Å². The molecule has 1 saturated heterocycles. The van der Waals surface area contributed by atoms with Gasteiger partial charge in [0.25, 0.3) is 5.91 Å². The van der Waals surface area contributed by atoms with Crippen LogP contribution in [0.3, 0.4) is 0 Å². The van der Waals surface area contributed by atoms with Gasteiger partial charge in [-0.1, -0.05) is 0 Å². The van der Waals surface area contributed by atoms with Gasteiger partial charge in [-0.15, -0.1) is 0 Å². The molecule has 0 spiro atoms. The zero-order chi connectivity index (χ0) is 13.0. The van der Waals surface area contributed by atoms with E-state index >= 15 is 0 Å². The second-order valence-electron chi connectivity index (χ2n) is 3.53. The van der Waals surface area contributed by atoms with Crippen molar-refractivity contribution in [2.45, 2.75) is 26.4 Å². The van der Waals surface area contributed by atoms with Crippen LogP contribution in [0.4, 0.5) is 0 Å². The summed E-state index contributed by atoms with van der Waals surface area (Å²) in [6.45, 7) is 2.32. The SMILES string of the molecule is CC(=O)OCCN1C(=O)C[C@H](OC(C)=O)C1=O. The van der Waals surface area contributed by atoms with Crippen molar-refractivity contribution in [2.24, 2.45) is 0 Å². The summed E-state index contributed by atoms with van der Waals surface area (Å²) in [7, 11) is 0. The molecule has 7 nitrogen and oxygen atoms in total. The lowest BCUT2D eigenvalue weighted by atomic mass is 10.3. The first-order chi connectivity index (χ1) is 7.91. The molecule has 1 heterocycles. The summed E-state index contributed by atoms with van der Waals surface area (Å²) in [6.07, 6.45) is -1.20. The minimum absolute atomic E-state index is 0.0188. The lowest BCUT2D eigenvalue weighted by Crippen LogP contribution is -2.36. The molecule has 2 amide bonds.